The molecule has 0 bridgehead atoms. The maximum Gasteiger partial charge on any atom is 0.256 e. The largest absolute Gasteiger partial charge is 0.341 e. The number of carbonyl (C=O) groups excluding carboxylic acids is 1. The van der Waals surface area contributed by atoms with Crippen molar-refractivity contribution in [2.75, 3.05) is 5.32 Å². The Hall–Kier alpha value is -1.93. The van der Waals surface area contributed by atoms with Gasteiger partial charge in [-0.05, 0) is 59.3 Å². The monoisotopic (exact) mass is 406 g/mol. The van der Waals surface area contributed by atoms with Crippen molar-refractivity contribution in [1.29, 1.82) is 0 Å². The summed E-state index contributed by atoms with van der Waals surface area (Å²) in [5.41, 5.74) is 9.76. The number of benzene rings is 2. The fourth-order valence-electron chi connectivity index (χ4n) is 2.26. The van der Waals surface area contributed by atoms with Gasteiger partial charge in [0.25, 0.3) is 5.91 Å². The molecular formula is C16H15IN4O. The van der Waals surface area contributed by atoms with Crippen LogP contribution < -0.4 is 11.1 Å². The fraction of sp³-hybridized carbons (Fsp3) is 0.125. The number of hydrogen-bond donors (Lipinski definition) is 3. The number of halogens is 1. The van der Waals surface area contributed by atoms with Gasteiger partial charge in [-0.1, -0.05) is 12.1 Å². The van der Waals surface area contributed by atoms with Gasteiger partial charge in [-0.2, -0.15) is 0 Å². The van der Waals surface area contributed by atoms with Crippen LogP contribution in [0.1, 0.15) is 21.7 Å². The number of nitrogens with two attached hydrogens (primary N) is 1. The Morgan fingerprint density at radius 2 is 2.18 bits per heavy atom. The van der Waals surface area contributed by atoms with E-state index >= 15 is 0 Å². The van der Waals surface area contributed by atoms with Gasteiger partial charge >= 0.3 is 0 Å². The molecule has 0 saturated carbocycles. The number of anilines is 1. The molecule has 2 aromatic carbocycles. The molecule has 3 aromatic rings. The number of rotatable bonds is 3. The minimum Gasteiger partial charge on any atom is -0.341 e. The van der Waals surface area contributed by atoms with Gasteiger partial charge in [0.1, 0.15) is 5.82 Å². The molecule has 0 aliphatic carbocycles. The van der Waals surface area contributed by atoms with E-state index < -0.39 is 0 Å². The number of fused-ring (bicyclic) bond motifs is 1. The fourth-order valence-corrected chi connectivity index (χ4v) is 2.86. The van der Waals surface area contributed by atoms with E-state index in [2.05, 4.69) is 37.9 Å². The molecule has 22 heavy (non-hydrogen) atoms. The summed E-state index contributed by atoms with van der Waals surface area (Å²) in [5, 5.41) is 2.92. The predicted octanol–water partition coefficient (Wildman–Crippen LogP) is 3.19. The van der Waals surface area contributed by atoms with Crippen molar-refractivity contribution in [3.8, 4) is 0 Å². The Bertz CT molecular complexity index is 856. The van der Waals surface area contributed by atoms with Crippen molar-refractivity contribution in [3.63, 3.8) is 0 Å². The van der Waals surface area contributed by atoms with Crippen LogP contribution in [0.25, 0.3) is 11.0 Å². The summed E-state index contributed by atoms with van der Waals surface area (Å²) in [6.45, 7) is 2.35. The van der Waals surface area contributed by atoms with Gasteiger partial charge in [0, 0.05) is 9.26 Å². The van der Waals surface area contributed by atoms with Crippen molar-refractivity contribution in [2.24, 2.45) is 5.73 Å². The second-order valence-corrected chi connectivity index (χ2v) is 6.09. The second kappa shape index (κ2) is 6.05. The van der Waals surface area contributed by atoms with Gasteiger partial charge in [0.15, 0.2) is 0 Å². The van der Waals surface area contributed by atoms with E-state index in [0.717, 1.165) is 31.7 Å². The average molecular weight is 406 g/mol. The molecule has 0 atom stereocenters. The number of imidazole rings is 1. The predicted molar refractivity (Wildman–Crippen MR) is 95.8 cm³/mol. The van der Waals surface area contributed by atoms with Gasteiger partial charge in [-0.25, -0.2) is 4.98 Å². The van der Waals surface area contributed by atoms with E-state index in [1.54, 1.807) is 0 Å². The summed E-state index contributed by atoms with van der Waals surface area (Å²) < 4.78 is 0.964. The Kier molecular flexibility index (Phi) is 4.12. The summed E-state index contributed by atoms with van der Waals surface area (Å²) in [6, 6.07) is 11.3. The molecule has 4 N–H and O–H groups in total. The molecule has 0 fully saturated rings. The van der Waals surface area contributed by atoms with Crippen molar-refractivity contribution in [1.82, 2.24) is 9.97 Å². The standard InChI is InChI=1S/C16H15IN4O/c1-9-3-2-4-11(15(9)17)16(22)19-10-5-6-12-13(7-10)21-14(8-18)20-12/h2-7H,8,18H2,1H3,(H,19,22)(H,20,21). The second-order valence-electron chi connectivity index (χ2n) is 5.01. The average Bonchev–Trinajstić information content (AvgIpc) is 2.92. The zero-order valence-electron chi connectivity index (χ0n) is 12.0. The lowest BCUT2D eigenvalue weighted by Crippen LogP contribution is -2.13. The Morgan fingerprint density at radius 3 is 2.95 bits per heavy atom. The van der Waals surface area contributed by atoms with Crippen LogP contribution in [0.3, 0.4) is 0 Å². The molecule has 3 rings (SSSR count). The van der Waals surface area contributed by atoms with Crippen LogP contribution in [0.2, 0.25) is 0 Å². The first kappa shape index (κ1) is 15.0. The number of carbonyl (C=O) groups is 1. The Balaban J connectivity index is 1.89. The molecule has 1 amide bonds. The number of H-pyrrole nitrogens is 1. The lowest BCUT2D eigenvalue weighted by atomic mass is 10.1. The van der Waals surface area contributed by atoms with Gasteiger partial charge in [-0.15, -0.1) is 0 Å². The quantitative estimate of drug-likeness (QED) is 0.585. The van der Waals surface area contributed by atoms with Crippen LogP contribution in [0.5, 0.6) is 0 Å². The Morgan fingerprint density at radius 1 is 1.36 bits per heavy atom. The van der Waals surface area contributed by atoms with Crippen LogP contribution >= 0.6 is 22.6 Å². The van der Waals surface area contributed by atoms with Crippen LogP contribution in [-0.4, -0.2) is 15.9 Å². The Labute approximate surface area is 141 Å². The van der Waals surface area contributed by atoms with Gasteiger partial charge in [-0.3, -0.25) is 4.79 Å². The zero-order valence-corrected chi connectivity index (χ0v) is 14.1. The van der Waals surface area contributed by atoms with E-state index in [9.17, 15) is 4.79 Å². The topological polar surface area (TPSA) is 83.8 Å². The number of nitrogens with one attached hydrogen (secondary N) is 2. The summed E-state index contributed by atoms with van der Waals surface area (Å²) in [6.07, 6.45) is 0. The normalized spacial score (nSPS) is 10.9. The molecule has 0 unspecified atom stereocenters. The maximum absolute atomic E-state index is 12.4. The third-order valence-electron chi connectivity index (χ3n) is 3.42. The maximum atomic E-state index is 12.4. The molecule has 0 radical (unpaired) electrons. The third kappa shape index (κ3) is 2.84. The van der Waals surface area contributed by atoms with E-state index in [-0.39, 0.29) is 5.91 Å². The van der Waals surface area contributed by atoms with E-state index in [1.165, 1.54) is 0 Å². The molecule has 0 spiro atoms. The molecule has 6 heteroatoms. The molecule has 0 aliphatic rings. The summed E-state index contributed by atoms with van der Waals surface area (Å²) in [7, 11) is 0. The van der Waals surface area contributed by atoms with Crippen molar-refractivity contribution in [3.05, 3.63) is 56.9 Å². The molecule has 112 valence electrons. The molecule has 1 aromatic heterocycles. The highest BCUT2D eigenvalue weighted by atomic mass is 127. The molecular weight excluding hydrogens is 391 g/mol. The first-order chi connectivity index (χ1) is 10.6. The van der Waals surface area contributed by atoms with Crippen molar-refractivity contribution in [2.45, 2.75) is 13.5 Å². The summed E-state index contributed by atoms with van der Waals surface area (Å²) in [4.78, 5) is 19.9. The van der Waals surface area contributed by atoms with Crippen LogP contribution in [0, 0.1) is 10.5 Å². The number of nitrogens with zero attached hydrogens (tertiary/aromatic N) is 1. The molecule has 5 nitrogen and oxygen atoms in total. The highest BCUT2D eigenvalue weighted by Crippen LogP contribution is 2.20. The lowest BCUT2D eigenvalue weighted by molar-refractivity contribution is 0.102. The zero-order chi connectivity index (χ0) is 15.7. The van der Waals surface area contributed by atoms with E-state index in [0.29, 0.717) is 12.1 Å². The molecule has 0 aliphatic heterocycles. The van der Waals surface area contributed by atoms with Crippen LogP contribution in [0.4, 0.5) is 5.69 Å². The smallest absolute Gasteiger partial charge is 0.256 e. The van der Waals surface area contributed by atoms with E-state index in [1.807, 2.05) is 43.3 Å². The lowest BCUT2D eigenvalue weighted by Gasteiger charge is -2.08. The highest BCUT2D eigenvalue weighted by Gasteiger charge is 2.12. The third-order valence-corrected chi connectivity index (χ3v) is 4.85. The number of aromatic amines is 1. The first-order valence-electron chi connectivity index (χ1n) is 6.83. The highest BCUT2D eigenvalue weighted by molar-refractivity contribution is 14.1. The minimum absolute atomic E-state index is 0.119. The van der Waals surface area contributed by atoms with Crippen molar-refractivity contribution >= 4 is 45.2 Å². The van der Waals surface area contributed by atoms with Gasteiger partial charge in [0.2, 0.25) is 0 Å². The number of hydrogen-bond acceptors (Lipinski definition) is 3. The van der Waals surface area contributed by atoms with Crippen LogP contribution in [0.15, 0.2) is 36.4 Å². The van der Waals surface area contributed by atoms with Gasteiger partial charge < -0.3 is 16.0 Å². The number of aryl methyl sites for hydroxylation is 1. The molecule has 0 saturated heterocycles. The summed E-state index contributed by atoms with van der Waals surface area (Å²) in [5.74, 6) is 0.609. The molecule has 1 heterocycles. The first-order valence-corrected chi connectivity index (χ1v) is 7.91. The van der Waals surface area contributed by atoms with Crippen LogP contribution in [-0.2, 0) is 6.54 Å². The number of aromatic nitrogens is 2. The summed E-state index contributed by atoms with van der Waals surface area (Å²) >= 11 is 2.19. The number of amides is 1. The SMILES string of the molecule is Cc1cccc(C(=O)Nc2ccc3nc(CN)[nH]c3c2)c1I. The minimum atomic E-state index is -0.119. The van der Waals surface area contributed by atoms with Crippen molar-refractivity contribution < 1.29 is 4.79 Å². The van der Waals surface area contributed by atoms with E-state index in [4.69, 9.17) is 5.73 Å². The van der Waals surface area contributed by atoms with Gasteiger partial charge in [0.05, 0.1) is 23.1 Å².